The van der Waals surface area contributed by atoms with Crippen LogP contribution in [-0.4, -0.2) is 5.11 Å². The van der Waals surface area contributed by atoms with Crippen LogP contribution in [0.25, 0.3) is 0 Å². The van der Waals surface area contributed by atoms with Crippen molar-refractivity contribution in [2.24, 2.45) is 0 Å². The molecule has 0 aromatic heterocycles. The molecule has 1 nitrogen and oxygen atoms in total. The number of hydrogen-bond acceptors (Lipinski definition) is 1. The van der Waals surface area contributed by atoms with Gasteiger partial charge in [-0.25, -0.2) is 0 Å². The van der Waals surface area contributed by atoms with Crippen LogP contribution >= 0.6 is 34.8 Å². The van der Waals surface area contributed by atoms with Crippen molar-refractivity contribution in [2.75, 3.05) is 0 Å². The van der Waals surface area contributed by atoms with E-state index in [-0.39, 0.29) is 10.8 Å². The summed E-state index contributed by atoms with van der Waals surface area (Å²) in [7, 11) is 0. The molecule has 0 spiro atoms. The lowest BCUT2D eigenvalue weighted by atomic mass is 10.0. The summed E-state index contributed by atoms with van der Waals surface area (Å²) < 4.78 is 0. The normalized spacial score (nSPS) is 10.5. The Hall–Kier alpha value is -0.890. The zero-order valence-corrected chi connectivity index (χ0v) is 11.0. The van der Waals surface area contributed by atoms with Crippen LogP contribution in [0.2, 0.25) is 15.1 Å². The molecule has 88 valence electrons. The molecule has 0 aliphatic rings. The Morgan fingerprint density at radius 2 is 1.59 bits per heavy atom. The maximum atomic E-state index is 9.89. The second kappa shape index (κ2) is 5.18. The number of aromatic hydroxyl groups is 1. The molecule has 0 fully saturated rings. The molecule has 0 saturated heterocycles. The predicted octanol–water partition coefficient (Wildman–Crippen LogP) is 4.94. The Balaban J connectivity index is 2.46. The van der Waals surface area contributed by atoms with Gasteiger partial charge >= 0.3 is 0 Å². The molecule has 2 aromatic rings. The highest BCUT2D eigenvalue weighted by Gasteiger charge is 2.14. The Morgan fingerprint density at radius 3 is 2.24 bits per heavy atom. The first-order valence-electron chi connectivity index (χ1n) is 4.99. The smallest absolute Gasteiger partial charge is 0.139 e. The van der Waals surface area contributed by atoms with Crippen molar-refractivity contribution >= 4 is 34.8 Å². The molecule has 2 aromatic carbocycles. The van der Waals surface area contributed by atoms with Gasteiger partial charge in [-0.05, 0) is 11.6 Å². The minimum absolute atomic E-state index is 0.00933. The summed E-state index contributed by atoms with van der Waals surface area (Å²) in [4.78, 5) is 0. The molecule has 1 N–H and O–H groups in total. The lowest BCUT2D eigenvalue weighted by Gasteiger charge is -2.10. The van der Waals surface area contributed by atoms with Crippen LogP contribution in [0.15, 0.2) is 36.4 Å². The van der Waals surface area contributed by atoms with E-state index in [9.17, 15) is 5.11 Å². The molecule has 0 amide bonds. The number of rotatable bonds is 2. The lowest BCUT2D eigenvalue weighted by molar-refractivity contribution is 0.470. The van der Waals surface area contributed by atoms with Crippen LogP contribution in [0.3, 0.4) is 0 Å². The number of benzene rings is 2. The Labute approximate surface area is 115 Å². The lowest BCUT2D eigenvalue weighted by Crippen LogP contribution is -1.91. The summed E-state index contributed by atoms with van der Waals surface area (Å²) >= 11 is 17.9. The zero-order valence-electron chi connectivity index (χ0n) is 8.75. The largest absolute Gasteiger partial charge is 0.506 e. The van der Waals surface area contributed by atoms with Crippen LogP contribution in [0.1, 0.15) is 11.1 Å². The van der Waals surface area contributed by atoms with E-state index in [1.807, 2.05) is 30.3 Å². The van der Waals surface area contributed by atoms with Gasteiger partial charge in [0.15, 0.2) is 0 Å². The van der Waals surface area contributed by atoms with E-state index in [0.29, 0.717) is 22.0 Å². The summed E-state index contributed by atoms with van der Waals surface area (Å²) in [6.07, 6.45) is 0.492. The van der Waals surface area contributed by atoms with E-state index < -0.39 is 0 Å². The standard InChI is InChI=1S/C13H9Cl3O/c14-10-7-11(15)13(17)9(12(10)16)6-8-4-2-1-3-5-8/h1-5,7,17H,6H2. The number of halogens is 3. The Kier molecular flexibility index (Phi) is 3.82. The molecule has 0 aliphatic heterocycles. The Morgan fingerprint density at radius 1 is 0.941 bits per heavy atom. The van der Waals surface area contributed by atoms with Gasteiger partial charge in [0.1, 0.15) is 5.75 Å². The third-order valence-corrected chi connectivity index (χ3v) is 3.58. The van der Waals surface area contributed by atoms with E-state index in [4.69, 9.17) is 34.8 Å². The maximum Gasteiger partial charge on any atom is 0.139 e. The fourth-order valence-electron chi connectivity index (χ4n) is 1.60. The molecule has 4 heteroatoms. The average Bonchev–Trinajstić information content (AvgIpc) is 2.33. The van der Waals surface area contributed by atoms with Crippen LogP contribution in [0.5, 0.6) is 5.75 Å². The third kappa shape index (κ3) is 2.68. The molecule has 17 heavy (non-hydrogen) atoms. The van der Waals surface area contributed by atoms with Gasteiger partial charge in [-0.3, -0.25) is 0 Å². The van der Waals surface area contributed by atoms with E-state index in [1.165, 1.54) is 6.07 Å². The van der Waals surface area contributed by atoms with Crippen molar-refractivity contribution < 1.29 is 5.11 Å². The van der Waals surface area contributed by atoms with Gasteiger partial charge in [0, 0.05) is 12.0 Å². The maximum absolute atomic E-state index is 9.89. The highest BCUT2D eigenvalue weighted by Crippen LogP contribution is 2.39. The molecular formula is C13H9Cl3O. The summed E-state index contributed by atoms with van der Waals surface area (Å²) in [5.41, 5.74) is 1.58. The Bertz CT molecular complexity index is 512. The first-order valence-corrected chi connectivity index (χ1v) is 6.12. The fourth-order valence-corrected chi connectivity index (χ4v) is 2.31. The topological polar surface area (TPSA) is 20.2 Å². The zero-order chi connectivity index (χ0) is 12.4. The van der Waals surface area contributed by atoms with Crippen LogP contribution < -0.4 is 0 Å². The van der Waals surface area contributed by atoms with Crippen LogP contribution in [0.4, 0.5) is 0 Å². The fraction of sp³-hybridized carbons (Fsp3) is 0.0769. The van der Waals surface area contributed by atoms with Gasteiger partial charge in [-0.15, -0.1) is 0 Å². The van der Waals surface area contributed by atoms with Crippen molar-refractivity contribution in [3.05, 3.63) is 62.6 Å². The van der Waals surface area contributed by atoms with Gasteiger partial charge in [-0.1, -0.05) is 65.1 Å². The van der Waals surface area contributed by atoms with Gasteiger partial charge in [0.05, 0.1) is 15.1 Å². The van der Waals surface area contributed by atoms with Crippen molar-refractivity contribution in [1.82, 2.24) is 0 Å². The summed E-state index contributed by atoms with van der Waals surface area (Å²) in [5.74, 6) is -0.00933. The number of phenolic OH excluding ortho intramolecular Hbond substituents is 1. The number of phenols is 1. The molecule has 0 atom stereocenters. The van der Waals surface area contributed by atoms with Crippen LogP contribution in [-0.2, 0) is 6.42 Å². The third-order valence-electron chi connectivity index (χ3n) is 2.46. The van der Waals surface area contributed by atoms with E-state index in [1.54, 1.807) is 0 Å². The van der Waals surface area contributed by atoms with Crippen LogP contribution in [0, 0.1) is 0 Å². The highest BCUT2D eigenvalue weighted by atomic mass is 35.5. The predicted molar refractivity (Wildman–Crippen MR) is 72.4 cm³/mol. The van der Waals surface area contributed by atoms with Gasteiger partial charge in [-0.2, -0.15) is 0 Å². The van der Waals surface area contributed by atoms with E-state index in [0.717, 1.165) is 5.56 Å². The monoisotopic (exact) mass is 286 g/mol. The first kappa shape index (κ1) is 12.6. The minimum Gasteiger partial charge on any atom is -0.506 e. The van der Waals surface area contributed by atoms with E-state index >= 15 is 0 Å². The highest BCUT2D eigenvalue weighted by molar-refractivity contribution is 6.44. The van der Waals surface area contributed by atoms with Gasteiger partial charge in [0.25, 0.3) is 0 Å². The second-order valence-electron chi connectivity index (χ2n) is 3.64. The van der Waals surface area contributed by atoms with Crippen molar-refractivity contribution in [1.29, 1.82) is 0 Å². The molecule has 0 radical (unpaired) electrons. The van der Waals surface area contributed by atoms with Gasteiger partial charge in [0.2, 0.25) is 0 Å². The molecular weight excluding hydrogens is 279 g/mol. The van der Waals surface area contributed by atoms with E-state index in [2.05, 4.69) is 0 Å². The quantitative estimate of drug-likeness (QED) is 0.775. The summed E-state index contributed by atoms with van der Waals surface area (Å²) in [5, 5.41) is 10.8. The molecule has 0 heterocycles. The molecule has 0 unspecified atom stereocenters. The SMILES string of the molecule is Oc1c(Cl)cc(Cl)c(Cl)c1Cc1ccccc1. The molecule has 0 bridgehead atoms. The van der Waals surface area contributed by atoms with Gasteiger partial charge < -0.3 is 5.11 Å². The second-order valence-corrected chi connectivity index (χ2v) is 4.84. The van der Waals surface area contributed by atoms with Crippen molar-refractivity contribution in [3.8, 4) is 5.75 Å². The van der Waals surface area contributed by atoms with Crippen molar-refractivity contribution in [3.63, 3.8) is 0 Å². The molecule has 0 aliphatic carbocycles. The number of hydrogen-bond donors (Lipinski definition) is 1. The average molecular weight is 288 g/mol. The molecule has 2 rings (SSSR count). The summed E-state index contributed by atoms with van der Waals surface area (Å²) in [6, 6.07) is 11.1. The first-order chi connectivity index (χ1) is 8.09. The minimum atomic E-state index is -0.00933. The van der Waals surface area contributed by atoms with Crippen molar-refractivity contribution in [2.45, 2.75) is 6.42 Å². The molecule has 0 saturated carbocycles. The summed E-state index contributed by atoms with van der Waals surface area (Å²) in [6.45, 7) is 0.